The molecular formula is C5H5KN2O4. The van der Waals surface area contributed by atoms with E-state index in [9.17, 15) is 14.4 Å². The van der Waals surface area contributed by atoms with E-state index in [-0.39, 0.29) is 51.4 Å². The number of aromatic amines is 2. The zero-order valence-corrected chi connectivity index (χ0v) is 5.25. The molecule has 6 nitrogen and oxygen atoms in total. The van der Waals surface area contributed by atoms with Crippen molar-refractivity contribution < 1.29 is 9.90 Å². The van der Waals surface area contributed by atoms with Crippen LogP contribution in [0.25, 0.3) is 0 Å². The summed E-state index contributed by atoms with van der Waals surface area (Å²) in [4.78, 5) is 34.9. The minimum absolute atomic E-state index is 0. The van der Waals surface area contributed by atoms with Crippen molar-refractivity contribution >= 4 is 57.4 Å². The number of rotatable bonds is 1. The number of carboxylic acid groups (broad SMARTS) is 1. The molecule has 0 unspecified atom stereocenters. The van der Waals surface area contributed by atoms with Gasteiger partial charge < -0.3 is 10.1 Å². The number of hydrogen-bond donors (Lipinski definition) is 3. The number of carboxylic acids is 1. The Morgan fingerprint density at radius 3 is 2.33 bits per heavy atom. The summed E-state index contributed by atoms with van der Waals surface area (Å²) in [7, 11) is 0. The van der Waals surface area contributed by atoms with Gasteiger partial charge in [0.25, 0.3) is 5.56 Å². The van der Waals surface area contributed by atoms with Crippen molar-refractivity contribution in [3.63, 3.8) is 0 Å². The van der Waals surface area contributed by atoms with Crippen molar-refractivity contribution in [1.29, 1.82) is 0 Å². The minimum atomic E-state index is -1.34. The van der Waals surface area contributed by atoms with E-state index < -0.39 is 22.9 Å². The fourth-order valence-corrected chi connectivity index (χ4v) is 0.584. The van der Waals surface area contributed by atoms with Crippen molar-refractivity contribution in [3.05, 3.63) is 32.6 Å². The Morgan fingerprint density at radius 2 is 1.92 bits per heavy atom. The van der Waals surface area contributed by atoms with Gasteiger partial charge >= 0.3 is 63.0 Å². The SMILES string of the molecule is O=C(O)c1cc(=O)[nH]c(=O)[nH]1.[KH]. The predicted molar refractivity (Wildman–Crippen MR) is 41.8 cm³/mol. The molecule has 1 heterocycles. The zero-order valence-electron chi connectivity index (χ0n) is 5.25. The van der Waals surface area contributed by atoms with E-state index >= 15 is 0 Å². The van der Waals surface area contributed by atoms with Crippen LogP contribution in [0.15, 0.2) is 15.7 Å². The van der Waals surface area contributed by atoms with Crippen LogP contribution in [0.2, 0.25) is 0 Å². The summed E-state index contributed by atoms with van der Waals surface area (Å²) in [5.74, 6) is -1.34. The van der Waals surface area contributed by atoms with E-state index in [0.29, 0.717) is 0 Å². The van der Waals surface area contributed by atoms with Gasteiger partial charge in [0.15, 0.2) is 0 Å². The summed E-state index contributed by atoms with van der Waals surface area (Å²) < 4.78 is 0. The third-order valence-corrected chi connectivity index (χ3v) is 0.991. The normalized spacial score (nSPS) is 8.67. The van der Waals surface area contributed by atoms with Crippen LogP contribution in [0.4, 0.5) is 0 Å². The second-order valence-electron chi connectivity index (χ2n) is 1.81. The number of hydrogen-bond acceptors (Lipinski definition) is 3. The fourth-order valence-electron chi connectivity index (χ4n) is 0.584. The molecule has 0 radical (unpaired) electrons. The van der Waals surface area contributed by atoms with E-state index in [1.807, 2.05) is 9.97 Å². The molecule has 0 bridgehead atoms. The van der Waals surface area contributed by atoms with Gasteiger partial charge in [0, 0.05) is 6.07 Å². The summed E-state index contributed by atoms with van der Waals surface area (Å²) in [6.45, 7) is 0. The van der Waals surface area contributed by atoms with E-state index in [1.165, 1.54) is 0 Å². The molecule has 0 saturated heterocycles. The fraction of sp³-hybridized carbons (Fsp3) is 0. The molecule has 60 valence electrons. The Hall–Kier alpha value is -0.214. The van der Waals surface area contributed by atoms with Gasteiger partial charge in [-0.3, -0.25) is 9.78 Å². The Labute approximate surface area is 108 Å². The maximum atomic E-state index is 10.5. The average Bonchev–Trinajstić information content (AvgIpc) is 1.85. The van der Waals surface area contributed by atoms with Crippen molar-refractivity contribution in [3.8, 4) is 0 Å². The van der Waals surface area contributed by atoms with Crippen LogP contribution in [0.1, 0.15) is 10.5 Å². The second-order valence-corrected chi connectivity index (χ2v) is 1.81. The summed E-state index contributed by atoms with van der Waals surface area (Å²) in [6.07, 6.45) is 0. The van der Waals surface area contributed by atoms with Crippen molar-refractivity contribution in [2.24, 2.45) is 0 Å². The van der Waals surface area contributed by atoms with Crippen LogP contribution >= 0.6 is 0 Å². The molecule has 0 aliphatic carbocycles. The van der Waals surface area contributed by atoms with Gasteiger partial charge in [0.2, 0.25) is 0 Å². The first-order valence-corrected chi connectivity index (χ1v) is 2.66. The number of carbonyl (C=O) groups is 1. The van der Waals surface area contributed by atoms with Crippen LogP contribution < -0.4 is 11.2 Å². The van der Waals surface area contributed by atoms with E-state index in [1.54, 1.807) is 0 Å². The van der Waals surface area contributed by atoms with Gasteiger partial charge in [0.05, 0.1) is 0 Å². The van der Waals surface area contributed by atoms with Crippen LogP contribution in [0, 0.1) is 0 Å². The Bertz CT molecular complexity index is 365. The molecule has 0 spiro atoms. The van der Waals surface area contributed by atoms with E-state index in [4.69, 9.17) is 5.11 Å². The molecule has 0 aliphatic rings. The van der Waals surface area contributed by atoms with Crippen molar-refractivity contribution in [2.45, 2.75) is 0 Å². The summed E-state index contributed by atoms with van der Waals surface area (Å²) >= 11 is 0. The zero-order chi connectivity index (χ0) is 8.43. The molecular weight excluding hydrogens is 191 g/mol. The first-order chi connectivity index (χ1) is 5.09. The number of nitrogens with one attached hydrogen (secondary N) is 2. The molecule has 7 heteroatoms. The molecule has 0 aromatic carbocycles. The van der Waals surface area contributed by atoms with Crippen molar-refractivity contribution in [1.82, 2.24) is 9.97 Å². The van der Waals surface area contributed by atoms with E-state index in [2.05, 4.69) is 0 Å². The molecule has 0 atom stereocenters. The molecule has 1 aromatic rings. The van der Waals surface area contributed by atoms with Crippen LogP contribution in [0.5, 0.6) is 0 Å². The molecule has 0 saturated carbocycles. The standard InChI is InChI=1S/C5H4N2O4.K.H/c8-3-1-2(4(9)10)6-5(11)7-3;;/h1H,(H,9,10)(H2,6,7,8,11);;. The van der Waals surface area contributed by atoms with Gasteiger partial charge in [-0.05, 0) is 0 Å². The van der Waals surface area contributed by atoms with Gasteiger partial charge in [-0.15, -0.1) is 0 Å². The topological polar surface area (TPSA) is 103 Å². The first kappa shape index (κ1) is 11.8. The van der Waals surface area contributed by atoms with Crippen LogP contribution in [0.3, 0.4) is 0 Å². The molecule has 0 fully saturated rings. The first-order valence-electron chi connectivity index (χ1n) is 2.66. The Balaban J connectivity index is 0.00000121. The van der Waals surface area contributed by atoms with E-state index in [0.717, 1.165) is 6.07 Å². The molecule has 1 rings (SSSR count). The average molecular weight is 196 g/mol. The summed E-state index contributed by atoms with van der Waals surface area (Å²) in [5.41, 5.74) is -1.97. The van der Waals surface area contributed by atoms with Gasteiger partial charge in [-0.2, -0.15) is 0 Å². The van der Waals surface area contributed by atoms with Gasteiger partial charge in [-0.25, -0.2) is 9.59 Å². The summed E-state index contributed by atoms with van der Waals surface area (Å²) in [5, 5.41) is 8.31. The van der Waals surface area contributed by atoms with Crippen molar-refractivity contribution in [2.75, 3.05) is 0 Å². The molecule has 0 aliphatic heterocycles. The second kappa shape index (κ2) is 4.72. The van der Waals surface area contributed by atoms with Crippen LogP contribution in [-0.2, 0) is 0 Å². The monoisotopic (exact) mass is 196 g/mol. The molecule has 1 aromatic heterocycles. The quantitative estimate of drug-likeness (QED) is 0.457. The van der Waals surface area contributed by atoms with Crippen LogP contribution in [-0.4, -0.2) is 72.4 Å². The molecule has 0 amide bonds. The molecule has 12 heavy (non-hydrogen) atoms. The summed E-state index contributed by atoms with van der Waals surface area (Å²) in [6, 6.07) is 0.795. The maximum absolute atomic E-state index is 10.5. The predicted octanol–water partition coefficient (Wildman–Crippen LogP) is -1.89. The number of H-pyrrole nitrogens is 2. The Kier molecular flexibility index (Phi) is 4.64. The van der Waals surface area contributed by atoms with Gasteiger partial charge in [-0.1, -0.05) is 0 Å². The Morgan fingerprint density at radius 1 is 1.33 bits per heavy atom. The number of aromatic carboxylic acids is 1. The third kappa shape index (κ3) is 3.03. The third-order valence-electron chi connectivity index (χ3n) is 0.991. The van der Waals surface area contributed by atoms with Gasteiger partial charge in [0.1, 0.15) is 5.69 Å². The molecule has 3 N–H and O–H groups in total. The number of aromatic nitrogens is 2.